The number of halogens is 1. The molecule has 2 aromatic heterocycles. The van der Waals surface area contributed by atoms with Gasteiger partial charge in [-0.15, -0.1) is 0 Å². The smallest absolute Gasteiger partial charge is 0.250 e. The quantitative estimate of drug-likeness (QED) is 0.640. The molecule has 1 atom stereocenters. The third kappa shape index (κ3) is 4.72. The van der Waals surface area contributed by atoms with Crippen LogP contribution in [-0.4, -0.2) is 60.6 Å². The lowest BCUT2D eigenvalue weighted by Crippen LogP contribution is -2.53. The highest BCUT2D eigenvalue weighted by Gasteiger charge is 2.27. The van der Waals surface area contributed by atoms with E-state index in [2.05, 4.69) is 26.7 Å². The first-order chi connectivity index (χ1) is 15.7. The minimum Gasteiger partial charge on any atom is -0.366 e. The van der Waals surface area contributed by atoms with Gasteiger partial charge in [0.25, 0.3) is 0 Å². The van der Waals surface area contributed by atoms with Gasteiger partial charge in [0.1, 0.15) is 17.5 Å². The van der Waals surface area contributed by atoms with Gasteiger partial charge < -0.3 is 20.4 Å². The number of anilines is 3. The average Bonchev–Trinajstić information content (AvgIpc) is 2.79. The minimum atomic E-state index is -0.479. The number of piperazine rings is 1. The summed E-state index contributed by atoms with van der Waals surface area (Å²) in [5.74, 6) is 1.52. The molecule has 1 aliphatic rings. The van der Waals surface area contributed by atoms with Crippen molar-refractivity contribution >= 4 is 23.5 Å². The maximum absolute atomic E-state index is 13.4. The van der Waals surface area contributed by atoms with E-state index < -0.39 is 5.91 Å². The van der Waals surface area contributed by atoms with Crippen molar-refractivity contribution in [3.05, 3.63) is 59.5 Å². The normalized spacial score (nSPS) is 16.1. The van der Waals surface area contributed by atoms with Crippen LogP contribution >= 0.6 is 0 Å². The molecule has 172 valence electrons. The molecule has 9 heteroatoms. The number of rotatable bonds is 5. The highest BCUT2D eigenvalue weighted by Crippen LogP contribution is 2.28. The van der Waals surface area contributed by atoms with Crippen LogP contribution in [0.2, 0.25) is 0 Å². The summed E-state index contributed by atoms with van der Waals surface area (Å²) in [6.07, 6.45) is 1.53. The van der Waals surface area contributed by atoms with E-state index in [1.165, 1.54) is 18.3 Å². The molecule has 0 radical (unpaired) electrons. The molecule has 0 unspecified atom stereocenters. The Kier molecular flexibility index (Phi) is 6.13. The van der Waals surface area contributed by atoms with E-state index in [4.69, 9.17) is 10.7 Å². The number of pyridine rings is 1. The summed E-state index contributed by atoms with van der Waals surface area (Å²) in [4.78, 5) is 31.7. The summed E-state index contributed by atoms with van der Waals surface area (Å²) >= 11 is 0. The molecule has 1 fully saturated rings. The van der Waals surface area contributed by atoms with Crippen LogP contribution in [0.3, 0.4) is 0 Å². The number of aromatic nitrogens is 3. The van der Waals surface area contributed by atoms with Crippen molar-refractivity contribution in [3.8, 4) is 11.3 Å². The van der Waals surface area contributed by atoms with Crippen LogP contribution in [0.1, 0.15) is 22.8 Å². The van der Waals surface area contributed by atoms with Crippen LogP contribution in [0.4, 0.5) is 22.0 Å². The van der Waals surface area contributed by atoms with Gasteiger partial charge in [-0.05, 0) is 49.7 Å². The number of nitrogens with two attached hydrogens (primary N) is 1. The average molecular weight is 450 g/mol. The number of carbonyl (C=O) groups excluding carboxylic acids is 1. The van der Waals surface area contributed by atoms with Crippen LogP contribution in [-0.2, 0) is 0 Å². The Morgan fingerprint density at radius 2 is 1.88 bits per heavy atom. The van der Waals surface area contributed by atoms with E-state index in [1.54, 1.807) is 18.2 Å². The van der Waals surface area contributed by atoms with E-state index in [0.29, 0.717) is 11.5 Å². The SMILES string of the molecule is Cc1cc(C(N)=O)cnc1N1CCN(c2cc(-c3ccc(F)cc3)nc(N(C)C)n2)[C@H](C)C1. The van der Waals surface area contributed by atoms with Crippen LogP contribution < -0.4 is 20.4 Å². The largest absolute Gasteiger partial charge is 0.366 e. The highest BCUT2D eigenvalue weighted by atomic mass is 19.1. The summed E-state index contributed by atoms with van der Waals surface area (Å²) in [6.45, 7) is 6.33. The summed E-state index contributed by atoms with van der Waals surface area (Å²) in [7, 11) is 3.80. The van der Waals surface area contributed by atoms with E-state index in [9.17, 15) is 9.18 Å². The van der Waals surface area contributed by atoms with Gasteiger partial charge in [-0.3, -0.25) is 4.79 Å². The molecular weight excluding hydrogens is 421 g/mol. The Labute approximate surface area is 192 Å². The predicted octanol–water partition coefficient (Wildman–Crippen LogP) is 2.87. The summed E-state index contributed by atoms with van der Waals surface area (Å²) < 4.78 is 13.4. The number of carbonyl (C=O) groups is 1. The molecule has 2 N–H and O–H groups in total. The standard InChI is InChI=1S/C24H28FN7O/c1-15-11-18(22(26)33)13-27-23(15)31-9-10-32(16(2)14-31)21-12-20(28-24(29-21)30(3)4)17-5-7-19(25)8-6-17/h5-8,11-13,16H,9-10,14H2,1-4H3,(H2,26,33)/t16-/m1/s1. The Morgan fingerprint density at radius 1 is 1.15 bits per heavy atom. The Hall–Kier alpha value is -3.75. The van der Waals surface area contributed by atoms with Crippen molar-refractivity contribution in [2.24, 2.45) is 5.73 Å². The first-order valence-electron chi connectivity index (χ1n) is 10.8. The van der Waals surface area contributed by atoms with Gasteiger partial charge in [0, 0.05) is 57.6 Å². The zero-order valence-electron chi connectivity index (χ0n) is 19.3. The summed E-state index contributed by atoms with van der Waals surface area (Å²) in [6, 6.07) is 10.2. The lowest BCUT2D eigenvalue weighted by Gasteiger charge is -2.41. The number of benzene rings is 1. The van der Waals surface area contributed by atoms with Crippen LogP contribution in [0, 0.1) is 12.7 Å². The van der Waals surface area contributed by atoms with E-state index in [-0.39, 0.29) is 11.9 Å². The topological polar surface area (TPSA) is 91.5 Å². The monoisotopic (exact) mass is 449 g/mol. The second-order valence-electron chi connectivity index (χ2n) is 8.53. The molecule has 0 spiro atoms. The lowest BCUT2D eigenvalue weighted by atomic mass is 10.1. The van der Waals surface area contributed by atoms with Crippen LogP contribution in [0.5, 0.6) is 0 Å². The van der Waals surface area contributed by atoms with Crippen molar-refractivity contribution in [1.29, 1.82) is 0 Å². The Balaban J connectivity index is 1.60. The van der Waals surface area contributed by atoms with Gasteiger partial charge >= 0.3 is 0 Å². The molecule has 3 heterocycles. The van der Waals surface area contributed by atoms with Gasteiger partial charge in [0.15, 0.2) is 0 Å². The Bertz CT molecular complexity index is 1170. The number of hydrogen-bond donors (Lipinski definition) is 1. The van der Waals surface area contributed by atoms with Crippen molar-refractivity contribution in [3.63, 3.8) is 0 Å². The number of nitrogens with zero attached hydrogens (tertiary/aromatic N) is 6. The maximum atomic E-state index is 13.4. The Morgan fingerprint density at radius 3 is 2.48 bits per heavy atom. The fraction of sp³-hybridized carbons (Fsp3) is 0.333. The molecule has 8 nitrogen and oxygen atoms in total. The van der Waals surface area contributed by atoms with Gasteiger partial charge in [-0.2, -0.15) is 4.98 Å². The minimum absolute atomic E-state index is 0.154. The zero-order chi connectivity index (χ0) is 23.7. The number of primary amides is 1. The van der Waals surface area contributed by atoms with Crippen LogP contribution in [0.25, 0.3) is 11.3 Å². The van der Waals surface area contributed by atoms with Gasteiger partial charge in [0.2, 0.25) is 11.9 Å². The highest BCUT2D eigenvalue weighted by molar-refractivity contribution is 5.92. The fourth-order valence-corrected chi connectivity index (χ4v) is 4.06. The summed E-state index contributed by atoms with van der Waals surface area (Å²) in [5, 5.41) is 0. The van der Waals surface area contributed by atoms with Crippen molar-refractivity contribution in [2.45, 2.75) is 19.9 Å². The van der Waals surface area contributed by atoms with Gasteiger partial charge in [-0.1, -0.05) is 0 Å². The number of amides is 1. The first-order valence-corrected chi connectivity index (χ1v) is 10.8. The second-order valence-corrected chi connectivity index (χ2v) is 8.53. The van der Waals surface area contributed by atoms with Crippen molar-refractivity contribution in [1.82, 2.24) is 15.0 Å². The third-order valence-corrected chi connectivity index (χ3v) is 5.80. The van der Waals surface area contributed by atoms with Crippen molar-refractivity contribution < 1.29 is 9.18 Å². The van der Waals surface area contributed by atoms with E-state index in [1.807, 2.05) is 32.0 Å². The molecule has 0 aliphatic carbocycles. The molecule has 0 saturated carbocycles. The molecule has 4 rings (SSSR count). The third-order valence-electron chi connectivity index (χ3n) is 5.80. The first kappa shape index (κ1) is 22.4. The van der Waals surface area contributed by atoms with E-state index in [0.717, 1.165) is 48.1 Å². The molecule has 1 saturated heterocycles. The molecule has 3 aromatic rings. The fourth-order valence-electron chi connectivity index (χ4n) is 4.06. The van der Waals surface area contributed by atoms with Gasteiger partial charge in [0.05, 0.1) is 11.3 Å². The molecule has 33 heavy (non-hydrogen) atoms. The number of aryl methyl sites for hydroxylation is 1. The lowest BCUT2D eigenvalue weighted by molar-refractivity contribution is 0.1000. The second kappa shape index (κ2) is 9.01. The maximum Gasteiger partial charge on any atom is 0.250 e. The molecule has 1 aromatic carbocycles. The summed E-state index contributed by atoms with van der Waals surface area (Å²) in [5.41, 5.74) is 8.29. The molecular formula is C24H28FN7O. The predicted molar refractivity (Wildman–Crippen MR) is 128 cm³/mol. The van der Waals surface area contributed by atoms with Gasteiger partial charge in [-0.25, -0.2) is 14.4 Å². The number of hydrogen-bond acceptors (Lipinski definition) is 7. The van der Waals surface area contributed by atoms with E-state index >= 15 is 0 Å². The van der Waals surface area contributed by atoms with Crippen LogP contribution in [0.15, 0.2) is 42.6 Å². The molecule has 1 amide bonds. The molecule has 1 aliphatic heterocycles. The van der Waals surface area contributed by atoms with Crippen molar-refractivity contribution in [2.75, 3.05) is 48.4 Å². The zero-order valence-corrected chi connectivity index (χ0v) is 19.3. The molecule has 0 bridgehead atoms.